The highest BCUT2D eigenvalue weighted by Crippen LogP contribution is 2.43. The quantitative estimate of drug-likeness (QED) is 0.0332. The third-order valence-corrected chi connectivity index (χ3v) is 7.59. The molecule has 0 saturated heterocycles. The van der Waals surface area contributed by atoms with E-state index in [1.165, 1.54) is 64.2 Å². The predicted octanol–water partition coefficient (Wildman–Crippen LogP) is 6.52. The molecule has 0 rings (SSSR count). The van der Waals surface area contributed by atoms with Crippen molar-refractivity contribution in [2.45, 2.75) is 129 Å². The lowest BCUT2D eigenvalue weighted by molar-refractivity contribution is -0.870. The fourth-order valence-corrected chi connectivity index (χ4v) is 4.79. The summed E-state index contributed by atoms with van der Waals surface area (Å²) in [5.41, 5.74) is 0. The fourth-order valence-electron chi connectivity index (χ4n) is 4.05. The molecule has 0 aromatic rings. The normalized spacial score (nSPS) is 13.9. The number of likely N-dealkylation sites (N-methyl/N-ethyl adjacent to an activating group) is 1. The van der Waals surface area contributed by atoms with Crippen LogP contribution in [-0.4, -0.2) is 81.2 Å². The molecule has 242 valence electrons. The molecule has 11 heteroatoms. The van der Waals surface area contributed by atoms with Crippen molar-refractivity contribution < 1.29 is 46.8 Å². The van der Waals surface area contributed by atoms with Gasteiger partial charge in [-0.3, -0.25) is 18.6 Å². The van der Waals surface area contributed by atoms with Crippen LogP contribution in [0.5, 0.6) is 0 Å². The van der Waals surface area contributed by atoms with Crippen molar-refractivity contribution >= 4 is 26.0 Å². The number of carbonyl (C=O) groups is 3. The SMILES string of the molecule is CCCCCCCCCCCCCCCC(=O)OC[C@H](COP(=O)(O)OCC[N+](C)(C)C)OC(=O)CCCCC=O. The van der Waals surface area contributed by atoms with E-state index in [0.717, 1.165) is 25.5 Å². The van der Waals surface area contributed by atoms with Crippen LogP contribution in [0.15, 0.2) is 0 Å². The molecule has 0 aliphatic heterocycles. The lowest BCUT2D eigenvalue weighted by atomic mass is 10.0. The maximum atomic E-state index is 12.2. The van der Waals surface area contributed by atoms with Gasteiger partial charge in [-0.2, -0.15) is 0 Å². The van der Waals surface area contributed by atoms with Crippen LogP contribution in [-0.2, 0) is 37.5 Å². The second-order valence-electron chi connectivity index (χ2n) is 11.8. The zero-order valence-corrected chi connectivity index (χ0v) is 27.2. The van der Waals surface area contributed by atoms with Crippen LogP contribution in [0.25, 0.3) is 0 Å². The number of carbonyl (C=O) groups excluding carboxylic acids is 3. The minimum absolute atomic E-state index is 0.00652. The molecule has 0 saturated carbocycles. The highest BCUT2D eigenvalue weighted by Gasteiger charge is 2.27. The van der Waals surface area contributed by atoms with E-state index in [1.807, 2.05) is 21.1 Å². The van der Waals surface area contributed by atoms with Gasteiger partial charge in [0.25, 0.3) is 0 Å². The van der Waals surface area contributed by atoms with E-state index in [4.69, 9.17) is 18.5 Å². The van der Waals surface area contributed by atoms with Gasteiger partial charge in [0.15, 0.2) is 6.10 Å². The third-order valence-electron chi connectivity index (χ3n) is 6.61. The second kappa shape index (κ2) is 25.2. The molecular weight excluding hydrogens is 549 g/mol. The molecule has 0 bridgehead atoms. The molecule has 0 amide bonds. The average molecular weight is 609 g/mol. The molecule has 0 heterocycles. The van der Waals surface area contributed by atoms with Gasteiger partial charge in [-0.1, -0.05) is 84.0 Å². The molecule has 10 nitrogen and oxygen atoms in total. The monoisotopic (exact) mass is 608 g/mol. The Morgan fingerprint density at radius 1 is 0.756 bits per heavy atom. The summed E-state index contributed by atoms with van der Waals surface area (Å²) in [6.45, 7) is 2.00. The van der Waals surface area contributed by atoms with Gasteiger partial charge in [0.1, 0.15) is 26.0 Å². The van der Waals surface area contributed by atoms with E-state index in [2.05, 4.69) is 6.92 Å². The highest BCUT2D eigenvalue weighted by atomic mass is 31.2. The standard InChI is InChI=1S/C30H58NO9P/c1-5-6-7-8-9-10-11-12-13-14-15-16-18-21-29(33)37-26-28(40-30(34)22-19-17-20-24-32)27-39-41(35,36)38-25-23-31(2,3)4/h24,28H,5-23,25-27H2,1-4H3/p+1/t28-/m1/s1. The predicted molar refractivity (Wildman–Crippen MR) is 160 cm³/mol. The van der Waals surface area contributed by atoms with Gasteiger partial charge in [-0.05, 0) is 19.3 Å². The Kier molecular flexibility index (Phi) is 24.4. The van der Waals surface area contributed by atoms with E-state index in [9.17, 15) is 23.8 Å². The maximum Gasteiger partial charge on any atom is 0.472 e. The first-order chi connectivity index (χ1) is 19.5. The molecule has 0 aliphatic carbocycles. The van der Waals surface area contributed by atoms with Crippen LogP contribution < -0.4 is 0 Å². The van der Waals surface area contributed by atoms with Gasteiger partial charge >= 0.3 is 19.8 Å². The van der Waals surface area contributed by atoms with Crippen LogP contribution in [0.4, 0.5) is 0 Å². The van der Waals surface area contributed by atoms with Crippen molar-refractivity contribution in [3.63, 3.8) is 0 Å². The summed E-state index contributed by atoms with van der Waals surface area (Å²) in [5, 5.41) is 0. The first-order valence-corrected chi connectivity index (χ1v) is 17.2. The fraction of sp³-hybridized carbons (Fsp3) is 0.900. The van der Waals surface area contributed by atoms with Crippen LogP contribution >= 0.6 is 7.82 Å². The number of nitrogens with zero attached hydrogens (tertiary/aromatic N) is 1. The van der Waals surface area contributed by atoms with E-state index in [0.29, 0.717) is 30.3 Å². The number of ether oxygens (including phenoxy) is 2. The molecule has 0 aliphatic rings. The number of unbranched alkanes of at least 4 members (excludes halogenated alkanes) is 14. The van der Waals surface area contributed by atoms with Gasteiger partial charge in [-0.15, -0.1) is 0 Å². The largest absolute Gasteiger partial charge is 0.472 e. The zero-order chi connectivity index (χ0) is 30.8. The molecule has 41 heavy (non-hydrogen) atoms. The van der Waals surface area contributed by atoms with Gasteiger partial charge in [-0.25, -0.2) is 4.57 Å². The maximum absolute atomic E-state index is 12.2. The van der Waals surface area contributed by atoms with Crippen molar-refractivity contribution in [3.05, 3.63) is 0 Å². The summed E-state index contributed by atoms with van der Waals surface area (Å²) < 4.78 is 33.4. The van der Waals surface area contributed by atoms with Crippen molar-refractivity contribution in [3.8, 4) is 0 Å². The molecule has 1 N–H and O–H groups in total. The lowest BCUT2D eigenvalue weighted by Crippen LogP contribution is -2.37. The summed E-state index contributed by atoms with van der Waals surface area (Å²) in [7, 11) is 1.38. The van der Waals surface area contributed by atoms with Crippen molar-refractivity contribution in [2.24, 2.45) is 0 Å². The number of aldehydes is 1. The van der Waals surface area contributed by atoms with Crippen molar-refractivity contribution in [1.82, 2.24) is 0 Å². The third kappa shape index (κ3) is 28.6. The van der Waals surface area contributed by atoms with E-state index >= 15 is 0 Å². The number of hydrogen-bond donors (Lipinski definition) is 1. The molecule has 0 radical (unpaired) electrons. The van der Waals surface area contributed by atoms with Crippen LogP contribution in [0, 0.1) is 0 Å². The number of phosphoric acid groups is 1. The summed E-state index contributed by atoms with van der Waals surface area (Å²) >= 11 is 0. The number of hydrogen-bond acceptors (Lipinski definition) is 8. The number of quaternary nitrogens is 1. The first-order valence-electron chi connectivity index (χ1n) is 15.7. The van der Waals surface area contributed by atoms with Crippen LogP contribution in [0.2, 0.25) is 0 Å². The molecule has 0 fully saturated rings. The molecule has 0 aromatic heterocycles. The Balaban J connectivity index is 4.32. The van der Waals surface area contributed by atoms with Gasteiger partial charge < -0.3 is 23.6 Å². The zero-order valence-electron chi connectivity index (χ0n) is 26.3. The van der Waals surface area contributed by atoms with E-state index in [-0.39, 0.29) is 26.1 Å². The van der Waals surface area contributed by atoms with Gasteiger partial charge in [0.2, 0.25) is 0 Å². The first kappa shape index (κ1) is 39.7. The number of phosphoric ester groups is 1. The average Bonchev–Trinajstić information content (AvgIpc) is 2.90. The van der Waals surface area contributed by atoms with Gasteiger partial charge in [0, 0.05) is 19.3 Å². The molecular formula is C30H59NO9P+. The number of esters is 2. The van der Waals surface area contributed by atoms with Crippen LogP contribution in [0.3, 0.4) is 0 Å². The second-order valence-corrected chi connectivity index (χ2v) is 13.3. The van der Waals surface area contributed by atoms with Crippen LogP contribution in [0.1, 0.15) is 122 Å². The molecule has 1 unspecified atom stereocenters. The Morgan fingerprint density at radius 2 is 1.27 bits per heavy atom. The smallest absolute Gasteiger partial charge is 0.462 e. The Morgan fingerprint density at radius 3 is 1.80 bits per heavy atom. The molecule has 2 atom stereocenters. The summed E-state index contributed by atoms with van der Waals surface area (Å²) in [6, 6.07) is 0. The summed E-state index contributed by atoms with van der Waals surface area (Å²) in [4.78, 5) is 44.9. The lowest BCUT2D eigenvalue weighted by Gasteiger charge is -2.24. The Labute approximate surface area is 249 Å². The summed E-state index contributed by atoms with van der Waals surface area (Å²) in [5.74, 6) is -0.970. The topological polar surface area (TPSA) is 125 Å². The van der Waals surface area contributed by atoms with Crippen molar-refractivity contribution in [2.75, 3.05) is 47.5 Å². The Hall–Kier alpha value is -1.32. The molecule has 0 spiro atoms. The summed E-state index contributed by atoms with van der Waals surface area (Å²) in [6.07, 6.45) is 17.2. The minimum atomic E-state index is -4.38. The Bertz CT molecular complexity index is 727. The van der Waals surface area contributed by atoms with Gasteiger partial charge in [0.05, 0.1) is 27.7 Å². The minimum Gasteiger partial charge on any atom is -0.462 e. The highest BCUT2D eigenvalue weighted by molar-refractivity contribution is 7.47. The van der Waals surface area contributed by atoms with E-state index < -0.39 is 32.5 Å². The number of rotatable bonds is 29. The van der Waals surface area contributed by atoms with Crippen molar-refractivity contribution in [1.29, 1.82) is 0 Å². The molecule has 0 aromatic carbocycles. The van der Waals surface area contributed by atoms with E-state index in [1.54, 1.807) is 0 Å².